The minimum absolute atomic E-state index is 0.294. The molecular weight excluding hydrogens is 234 g/mol. The molecule has 4 nitrogen and oxygen atoms in total. The first-order valence-corrected chi connectivity index (χ1v) is 4.94. The summed E-state index contributed by atoms with van der Waals surface area (Å²) < 4.78 is 0. The van der Waals surface area contributed by atoms with Crippen molar-refractivity contribution in [1.82, 2.24) is 10.9 Å². The fourth-order valence-electron chi connectivity index (χ4n) is 0.928. The summed E-state index contributed by atoms with van der Waals surface area (Å²) in [5.41, 5.74) is 6.45. The number of hydrazine groups is 1. The molecule has 80 valence electrons. The Bertz CT molecular complexity index is 384. The van der Waals surface area contributed by atoms with Crippen LogP contribution in [-0.4, -0.2) is 11.5 Å². The number of anilines is 1. The molecule has 0 atom stereocenters. The number of thiocarbonyl (C=S) groups is 1. The minimum Gasteiger partial charge on any atom is -0.331 e. The first-order valence-electron chi connectivity index (χ1n) is 4.16. The summed E-state index contributed by atoms with van der Waals surface area (Å²) in [4.78, 5) is 9.98. The van der Waals surface area contributed by atoms with Gasteiger partial charge in [-0.3, -0.25) is 15.6 Å². The van der Waals surface area contributed by atoms with E-state index in [0.717, 1.165) is 11.3 Å². The van der Waals surface area contributed by atoms with Crippen LogP contribution in [-0.2, 0) is 4.79 Å². The molecule has 0 spiro atoms. The van der Waals surface area contributed by atoms with E-state index in [2.05, 4.69) is 16.2 Å². The summed E-state index contributed by atoms with van der Waals surface area (Å²) in [5.74, 6) is 0. The zero-order valence-electron chi connectivity index (χ0n) is 8.00. The van der Waals surface area contributed by atoms with Gasteiger partial charge in [0.2, 0.25) is 6.41 Å². The molecular formula is C9H10ClN3OS. The van der Waals surface area contributed by atoms with E-state index in [1.165, 1.54) is 0 Å². The smallest absolute Gasteiger partial charge is 0.225 e. The third-order valence-corrected chi connectivity index (χ3v) is 2.29. The highest BCUT2D eigenvalue weighted by Gasteiger charge is 1.99. The lowest BCUT2D eigenvalue weighted by atomic mass is 10.2. The van der Waals surface area contributed by atoms with Gasteiger partial charge in [-0.25, -0.2) is 0 Å². The summed E-state index contributed by atoms with van der Waals surface area (Å²) in [6.45, 7) is 1.91. The van der Waals surface area contributed by atoms with Gasteiger partial charge in [0.15, 0.2) is 5.11 Å². The van der Waals surface area contributed by atoms with Crippen molar-refractivity contribution < 1.29 is 4.79 Å². The molecule has 0 radical (unpaired) electrons. The maximum Gasteiger partial charge on any atom is 0.225 e. The molecule has 15 heavy (non-hydrogen) atoms. The third-order valence-electron chi connectivity index (χ3n) is 1.67. The minimum atomic E-state index is 0.294. The van der Waals surface area contributed by atoms with E-state index in [0.29, 0.717) is 16.5 Å². The van der Waals surface area contributed by atoms with Gasteiger partial charge in [-0.05, 0) is 36.8 Å². The molecule has 0 aliphatic heterocycles. The van der Waals surface area contributed by atoms with Gasteiger partial charge in [0.05, 0.1) is 0 Å². The van der Waals surface area contributed by atoms with Crippen LogP contribution < -0.4 is 16.2 Å². The van der Waals surface area contributed by atoms with Crippen LogP contribution in [0.2, 0.25) is 5.02 Å². The van der Waals surface area contributed by atoms with Gasteiger partial charge >= 0.3 is 0 Å². The number of hydrogen-bond donors (Lipinski definition) is 3. The fourth-order valence-corrected chi connectivity index (χ4v) is 1.29. The number of halogens is 1. The maximum absolute atomic E-state index is 9.98. The van der Waals surface area contributed by atoms with Crippen LogP contribution in [0.5, 0.6) is 0 Å². The third kappa shape index (κ3) is 3.73. The SMILES string of the molecule is Cc1ccc(NC(=S)NNC=O)cc1Cl. The van der Waals surface area contributed by atoms with E-state index in [1.54, 1.807) is 6.07 Å². The normalized spacial score (nSPS) is 9.20. The first kappa shape index (κ1) is 11.7. The number of benzene rings is 1. The quantitative estimate of drug-likeness (QED) is 0.429. The molecule has 0 fully saturated rings. The number of carbonyl (C=O) groups excluding carboxylic acids is 1. The fraction of sp³-hybridized carbons (Fsp3) is 0.111. The summed E-state index contributed by atoms with van der Waals surface area (Å²) in [6.07, 6.45) is 0.496. The van der Waals surface area contributed by atoms with E-state index in [4.69, 9.17) is 23.8 Å². The summed E-state index contributed by atoms with van der Waals surface area (Å²) in [5, 5.41) is 3.81. The number of aryl methyl sites for hydroxylation is 1. The van der Waals surface area contributed by atoms with Crippen LogP contribution >= 0.6 is 23.8 Å². The van der Waals surface area contributed by atoms with Crippen molar-refractivity contribution in [2.45, 2.75) is 6.92 Å². The molecule has 0 bridgehead atoms. The second kappa shape index (κ2) is 5.53. The second-order valence-electron chi connectivity index (χ2n) is 2.81. The van der Waals surface area contributed by atoms with Gasteiger partial charge in [-0.2, -0.15) is 0 Å². The Morgan fingerprint density at radius 2 is 2.27 bits per heavy atom. The van der Waals surface area contributed by atoms with Crippen LogP contribution in [0.25, 0.3) is 0 Å². The van der Waals surface area contributed by atoms with Crippen LogP contribution in [0.3, 0.4) is 0 Å². The highest BCUT2D eigenvalue weighted by atomic mass is 35.5. The lowest BCUT2D eigenvalue weighted by Gasteiger charge is -2.09. The highest BCUT2D eigenvalue weighted by molar-refractivity contribution is 7.80. The molecule has 1 rings (SSSR count). The predicted molar refractivity (Wildman–Crippen MR) is 64.7 cm³/mol. The largest absolute Gasteiger partial charge is 0.331 e. The average Bonchev–Trinajstić information content (AvgIpc) is 2.20. The molecule has 0 aliphatic carbocycles. The zero-order valence-corrected chi connectivity index (χ0v) is 9.58. The molecule has 3 N–H and O–H groups in total. The summed E-state index contributed by atoms with van der Waals surface area (Å²) in [7, 11) is 0. The van der Waals surface area contributed by atoms with Crippen molar-refractivity contribution in [2.75, 3.05) is 5.32 Å². The molecule has 0 saturated heterocycles. The van der Waals surface area contributed by atoms with Gasteiger partial charge in [0.25, 0.3) is 0 Å². The van der Waals surface area contributed by atoms with E-state index in [9.17, 15) is 4.79 Å². The Labute approximate surface area is 98.0 Å². The zero-order chi connectivity index (χ0) is 11.3. The van der Waals surface area contributed by atoms with Gasteiger partial charge in [-0.15, -0.1) is 0 Å². The lowest BCUT2D eigenvalue weighted by molar-refractivity contribution is -0.110. The Morgan fingerprint density at radius 1 is 1.53 bits per heavy atom. The molecule has 6 heteroatoms. The van der Waals surface area contributed by atoms with Crippen molar-refractivity contribution in [2.24, 2.45) is 0 Å². The van der Waals surface area contributed by atoms with Crippen LogP contribution in [0.1, 0.15) is 5.56 Å². The van der Waals surface area contributed by atoms with Crippen LogP contribution in [0, 0.1) is 6.92 Å². The number of nitrogens with one attached hydrogen (secondary N) is 3. The van der Waals surface area contributed by atoms with Crippen molar-refractivity contribution in [3.05, 3.63) is 28.8 Å². The van der Waals surface area contributed by atoms with Crippen molar-refractivity contribution in [3.63, 3.8) is 0 Å². The van der Waals surface area contributed by atoms with E-state index in [1.807, 2.05) is 19.1 Å². The predicted octanol–water partition coefficient (Wildman–Crippen LogP) is 1.60. The molecule has 1 aromatic carbocycles. The Balaban J connectivity index is 2.60. The van der Waals surface area contributed by atoms with E-state index < -0.39 is 0 Å². The Hall–Kier alpha value is -1.33. The van der Waals surface area contributed by atoms with Gasteiger partial charge < -0.3 is 5.32 Å². The van der Waals surface area contributed by atoms with Crippen molar-refractivity contribution in [1.29, 1.82) is 0 Å². The number of hydrogen-bond acceptors (Lipinski definition) is 2. The van der Waals surface area contributed by atoms with Crippen molar-refractivity contribution in [3.8, 4) is 0 Å². The van der Waals surface area contributed by atoms with Gasteiger partial charge in [0.1, 0.15) is 0 Å². The Morgan fingerprint density at radius 3 is 2.87 bits per heavy atom. The molecule has 0 unspecified atom stereocenters. The average molecular weight is 244 g/mol. The first-order chi connectivity index (χ1) is 7.13. The molecule has 1 amide bonds. The standard InChI is InChI=1S/C9H10ClN3OS/c1-6-2-3-7(4-8(6)10)12-9(15)13-11-5-14/h2-5H,1H3,(H,11,14)(H2,12,13,15). The number of rotatable bonds is 3. The number of carbonyl (C=O) groups is 1. The van der Waals surface area contributed by atoms with Gasteiger partial charge in [-0.1, -0.05) is 17.7 Å². The topological polar surface area (TPSA) is 53.2 Å². The molecule has 1 aromatic rings. The lowest BCUT2D eigenvalue weighted by Crippen LogP contribution is -2.39. The van der Waals surface area contributed by atoms with Crippen molar-refractivity contribution >= 4 is 41.0 Å². The van der Waals surface area contributed by atoms with Gasteiger partial charge in [0, 0.05) is 10.7 Å². The monoisotopic (exact) mass is 243 g/mol. The van der Waals surface area contributed by atoms with E-state index in [-0.39, 0.29) is 0 Å². The molecule has 0 heterocycles. The highest BCUT2D eigenvalue weighted by Crippen LogP contribution is 2.19. The second-order valence-corrected chi connectivity index (χ2v) is 3.62. The molecule has 0 saturated carbocycles. The summed E-state index contributed by atoms with van der Waals surface area (Å²) >= 11 is 10.8. The molecule has 0 aromatic heterocycles. The van der Waals surface area contributed by atoms with Crippen LogP contribution in [0.4, 0.5) is 5.69 Å². The van der Waals surface area contributed by atoms with E-state index >= 15 is 0 Å². The summed E-state index contributed by atoms with van der Waals surface area (Å²) in [6, 6.07) is 5.47. The van der Waals surface area contributed by atoms with Crippen LogP contribution in [0.15, 0.2) is 18.2 Å². The number of amides is 1. The maximum atomic E-state index is 9.98. The Kier molecular flexibility index (Phi) is 4.33. The molecule has 0 aliphatic rings.